The summed E-state index contributed by atoms with van der Waals surface area (Å²) in [5.74, 6) is -0.158. The van der Waals surface area contributed by atoms with Crippen molar-refractivity contribution in [1.29, 1.82) is 0 Å². The van der Waals surface area contributed by atoms with Crippen molar-refractivity contribution >= 4 is 5.91 Å². The molecule has 114 valence electrons. The Hall–Kier alpha value is -2.34. The third kappa shape index (κ3) is 3.46. The summed E-state index contributed by atoms with van der Waals surface area (Å²) >= 11 is 0. The fourth-order valence-electron chi connectivity index (χ4n) is 2.44. The number of carbonyl (C=O) groups excluding carboxylic acids is 1. The summed E-state index contributed by atoms with van der Waals surface area (Å²) in [7, 11) is 0. The molecule has 1 aromatic carbocycles. The fraction of sp³-hybridized carbons (Fsp3) is 0.312. The largest absolute Gasteiger partial charge is 0.285 e. The van der Waals surface area contributed by atoms with Crippen LogP contribution in [0.2, 0.25) is 0 Å². The van der Waals surface area contributed by atoms with Gasteiger partial charge in [-0.1, -0.05) is 18.6 Å². The topological polar surface area (TPSA) is 58.1 Å². The van der Waals surface area contributed by atoms with Crippen LogP contribution in [0.4, 0.5) is 4.39 Å². The van der Waals surface area contributed by atoms with Crippen LogP contribution in [0.15, 0.2) is 36.7 Å². The monoisotopic (exact) mass is 300 g/mol. The number of hydrogen-bond donors (Lipinski definition) is 1. The van der Waals surface area contributed by atoms with Crippen molar-refractivity contribution in [2.24, 2.45) is 0 Å². The highest BCUT2D eigenvalue weighted by atomic mass is 19.1. The first-order valence-corrected chi connectivity index (χ1v) is 7.36. The fourth-order valence-corrected chi connectivity index (χ4v) is 2.44. The quantitative estimate of drug-likeness (QED) is 0.945. The number of aromatic nitrogens is 2. The lowest BCUT2D eigenvalue weighted by Gasteiger charge is -2.26. The molecule has 1 aliphatic heterocycles. The Bertz CT molecular complexity index is 653. The molecule has 0 aliphatic carbocycles. The predicted molar refractivity (Wildman–Crippen MR) is 80.3 cm³/mol. The van der Waals surface area contributed by atoms with Crippen LogP contribution in [0.3, 0.4) is 0 Å². The average molecular weight is 300 g/mol. The molecule has 1 saturated heterocycles. The third-order valence-electron chi connectivity index (χ3n) is 3.61. The van der Waals surface area contributed by atoms with Gasteiger partial charge < -0.3 is 0 Å². The van der Waals surface area contributed by atoms with Gasteiger partial charge in [-0.15, -0.1) is 0 Å². The van der Waals surface area contributed by atoms with E-state index in [1.807, 2.05) is 5.01 Å². The van der Waals surface area contributed by atoms with Crippen LogP contribution in [0, 0.1) is 5.82 Å². The molecular weight excluding hydrogens is 283 g/mol. The number of benzene rings is 1. The summed E-state index contributed by atoms with van der Waals surface area (Å²) in [6.45, 7) is 1.74. The van der Waals surface area contributed by atoms with Crippen LogP contribution in [0.5, 0.6) is 0 Å². The second-order valence-corrected chi connectivity index (χ2v) is 5.29. The number of piperidine rings is 1. The Morgan fingerprint density at radius 1 is 1.14 bits per heavy atom. The number of hydrazine groups is 1. The molecule has 22 heavy (non-hydrogen) atoms. The van der Waals surface area contributed by atoms with Gasteiger partial charge in [0.2, 0.25) is 0 Å². The molecule has 1 aromatic heterocycles. The van der Waals surface area contributed by atoms with E-state index < -0.39 is 0 Å². The first kappa shape index (κ1) is 14.6. The molecule has 0 bridgehead atoms. The molecule has 1 aliphatic rings. The number of nitrogens with one attached hydrogen (secondary N) is 1. The Morgan fingerprint density at radius 2 is 1.86 bits per heavy atom. The lowest BCUT2D eigenvalue weighted by atomic mass is 10.2. The zero-order valence-corrected chi connectivity index (χ0v) is 12.1. The van der Waals surface area contributed by atoms with Crippen LogP contribution in [-0.4, -0.2) is 34.0 Å². The van der Waals surface area contributed by atoms with Gasteiger partial charge in [-0.05, 0) is 25.0 Å². The van der Waals surface area contributed by atoms with Gasteiger partial charge in [0.25, 0.3) is 5.91 Å². The summed E-state index contributed by atoms with van der Waals surface area (Å²) in [6.07, 6.45) is 6.32. The Balaban J connectivity index is 1.69. The van der Waals surface area contributed by atoms with Crippen LogP contribution in [0.25, 0.3) is 11.4 Å². The maximum Gasteiger partial charge on any atom is 0.268 e. The summed E-state index contributed by atoms with van der Waals surface area (Å²) in [5.41, 5.74) is 3.84. The van der Waals surface area contributed by atoms with E-state index in [4.69, 9.17) is 0 Å². The van der Waals surface area contributed by atoms with E-state index in [1.165, 1.54) is 30.9 Å². The SMILES string of the molecule is O=C(NN1CCCCC1)c1cnc(-c2cccc(F)c2)nc1. The molecule has 0 spiro atoms. The van der Waals surface area contributed by atoms with Crippen LogP contribution in [-0.2, 0) is 0 Å². The first-order chi connectivity index (χ1) is 10.7. The van der Waals surface area contributed by atoms with Gasteiger partial charge in [0.05, 0.1) is 5.56 Å². The van der Waals surface area contributed by atoms with Crippen molar-refractivity contribution in [2.75, 3.05) is 13.1 Å². The van der Waals surface area contributed by atoms with E-state index in [0.717, 1.165) is 25.9 Å². The maximum atomic E-state index is 13.2. The van der Waals surface area contributed by atoms with Crippen molar-refractivity contribution < 1.29 is 9.18 Å². The molecule has 1 amide bonds. The van der Waals surface area contributed by atoms with Gasteiger partial charge in [0, 0.05) is 31.0 Å². The van der Waals surface area contributed by atoms with Crippen LogP contribution in [0.1, 0.15) is 29.6 Å². The van der Waals surface area contributed by atoms with Gasteiger partial charge in [-0.2, -0.15) is 0 Å². The zero-order valence-electron chi connectivity index (χ0n) is 12.1. The van der Waals surface area contributed by atoms with E-state index in [2.05, 4.69) is 15.4 Å². The molecule has 1 N–H and O–H groups in total. The molecule has 3 rings (SSSR count). The molecule has 0 radical (unpaired) electrons. The summed E-state index contributed by atoms with van der Waals surface area (Å²) in [5, 5.41) is 1.92. The van der Waals surface area contributed by atoms with Gasteiger partial charge in [-0.3, -0.25) is 10.2 Å². The van der Waals surface area contributed by atoms with Crippen LogP contribution >= 0.6 is 0 Å². The molecule has 2 heterocycles. The third-order valence-corrected chi connectivity index (χ3v) is 3.61. The first-order valence-electron chi connectivity index (χ1n) is 7.36. The lowest BCUT2D eigenvalue weighted by Crippen LogP contribution is -2.45. The molecule has 5 nitrogen and oxygen atoms in total. The Labute approximate surface area is 128 Å². The predicted octanol–water partition coefficient (Wildman–Crippen LogP) is 2.41. The number of amides is 1. The normalized spacial score (nSPS) is 15.5. The molecule has 0 unspecified atom stereocenters. The van der Waals surface area contributed by atoms with Gasteiger partial charge >= 0.3 is 0 Å². The molecule has 2 aromatic rings. The second kappa shape index (κ2) is 6.62. The van der Waals surface area contributed by atoms with Gasteiger partial charge in [0.15, 0.2) is 5.82 Å². The van der Waals surface area contributed by atoms with Crippen molar-refractivity contribution in [2.45, 2.75) is 19.3 Å². The van der Waals surface area contributed by atoms with E-state index in [0.29, 0.717) is 17.0 Å². The maximum absolute atomic E-state index is 13.2. The highest BCUT2D eigenvalue weighted by Gasteiger charge is 2.14. The van der Waals surface area contributed by atoms with Gasteiger partial charge in [0.1, 0.15) is 5.82 Å². The highest BCUT2D eigenvalue weighted by Crippen LogP contribution is 2.15. The smallest absolute Gasteiger partial charge is 0.268 e. The Kier molecular flexibility index (Phi) is 4.39. The van der Waals surface area contributed by atoms with E-state index in [9.17, 15) is 9.18 Å². The molecular formula is C16H17FN4O. The van der Waals surface area contributed by atoms with Crippen molar-refractivity contribution in [3.05, 3.63) is 48.0 Å². The van der Waals surface area contributed by atoms with Gasteiger partial charge in [-0.25, -0.2) is 19.4 Å². The highest BCUT2D eigenvalue weighted by molar-refractivity contribution is 5.93. The summed E-state index contributed by atoms with van der Waals surface area (Å²) in [6, 6.07) is 6.06. The minimum atomic E-state index is -0.340. The molecule has 6 heteroatoms. The number of halogens is 1. The van der Waals surface area contributed by atoms with E-state index in [-0.39, 0.29) is 11.7 Å². The minimum Gasteiger partial charge on any atom is -0.285 e. The number of carbonyl (C=O) groups is 1. The Morgan fingerprint density at radius 3 is 2.55 bits per heavy atom. The summed E-state index contributed by atoms with van der Waals surface area (Å²) < 4.78 is 13.2. The molecule has 0 saturated carbocycles. The number of nitrogens with zero attached hydrogens (tertiary/aromatic N) is 3. The van der Waals surface area contributed by atoms with E-state index >= 15 is 0 Å². The minimum absolute atomic E-state index is 0.215. The number of rotatable bonds is 3. The van der Waals surface area contributed by atoms with Crippen LogP contribution < -0.4 is 5.43 Å². The number of hydrogen-bond acceptors (Lipinski definition) is 4. The molecule has 0 atom stereocenters. The standard InChI is InChI=1S/C16H17FN4O/c17-14-6-4-5-12(9-14)15-18-10-13(11-19-15)16(22)20-21-7-2-1-3-8-21/h4-6,9-11H,1-3,7-8H2,(H,20,22). The van der Waals surface area contributed by atoms with Crippen molar-refractivity contribution in [3.63, 3.8) is 0 Å². The summed E-state index contributed by atoms with van der Waals surface area (Å²) in [4.78, 5) is 20.4. The zero-order chi connectivity index (χ0) is 15.4. The van der Waals surface area contributed by atoms with Crippen molar-refractivity contribution in [3.8, 4) is 11.4 Å². The average Bonchev–Trinajstić information content (AvgIpc) is 2.56. The van der Waals surface area contributed by atoms with Crippen molar-refractivity contribution in [1.82, 2.24) is 20.4 Å². The lowest BCUT2D eigenvalue weighted by molar-refractivity contribution is 0.0749. The second-order valence-electron chi connectivity index (χ2n) is 5.29. The van der Waals surface area contributed by atoms with E-state index in [1.54, 1.807) is 12.1 Å². The molecule has 1 fully saturated rings.